The van der Waals surface area contributed by atoms with Gasteiger partial charge in [-0.05, 0) is 71.7 Å². The molecule has 5 nitrogen and oxygen atoms in total. The second kappa shape index (κ2) is 5.81. The normalized spacial score (nSPS) is 16.8. The van der Waals surface area contributed by atoms with E-state index in [1.54, 1.807) is 6.20 Å². The van der Waals surface area contributed by atoms with Gasteiger partial charge in [0.1, 0.15) is 21.6 Å². The number of aromatic nitrogens is 3. The van der Waals surface area contributed by atoms with Crippen molar-refractivity contribution in [1.29, 1.82) is 5.26 Å². The summed E-state index contributed by atoms with van der Waals surface area (Å²) in [7, 11) is 0. The van der Waals surface area contributed by atoms with Crippen LogP contribution in [0, 0.1) is 15.0 Å². The number of aryl methyl sites for hydroxylation is 1. The van der Waals surface area contributed by atoms with E-state index in [-0.39, 0.29) is 6.10 Å². The zero-order valence-electron chi connectivity index (χ0n) is 12.2. The van der Waals surface area contributed by atoms with Crippen molar-refractivity contribution < 1.29 is 4.74 Å². The van der Waals surface area contributed by atoms with Crippen LogP contribution in [-0.4, -0.2) is 15.2 Å². The summed E-state index contributed by atoms with van der Waals surface area (Å²) in [6.45, 7) is 0. The van der Waals surface area contributed by atoms with Crippen LogP contribution < -0.4 is 4.74 Å². The van der Waals surface area contributed by atoms with Crippen LogP contribution in [0.15, 0.2) is 30.5 Å². The van der Waals surface area contributed by atoms with Gasteiger partial charge in [-0.15, -0.1) is 0 Å². The van der Waals surface area contributed by atoms with E-state index >= 15 is 0 Å². The Morgan fingerprint density at radius 3 is 3.13 bits per heavy atom. The molecule has 0 amide bonds. The van der Waals surface area contributed by atoms with Gasteiger partial charge in [-0.2, -0.15) is 10.4 Å². The van der Waals surface area contributed by atoms with E-state index in [1.807, 2.05) is 24.3 Å². The minimum Gasteiger partial charge on any atom is -0.484 e. The Hall–Kier alpha value is -2.14. The van der Waals surface area contributed by atoms with E-state index in [9.17, 15) is 0 Å². The Bertz CT molecular complexity index is 928. The fourth-order valence-electron chi connectivity index (χ4n) is 3.00. The molecule has 114 valence electrons. The number of nitrogens with one attached hydrogen (secondary N) is 1. The van der Waals surface area contributed by atoms with Crippen molar-refractivity contribution in [2.75, 3.05) is 0 Å². The molecule has 0 fully saturated rings. The first-order valence-electron chi connectivity index (χ1n) is 7.44. The lowest BCUT2D eigenvalue weighted by molar-refractivity contribution is 0.178. The first kappa shape index (κ1) is 14.5. The van der Waals surface area contributed by atoms with Crippen LogP contribution in [0.5, 0.6) is 5.75 Å². The minimum atomic E-state index is -0.0616. The van der Waals surface area contributed by atoms with Gasteiger partial charge in [0, 0.05) is 11.6 Å². The van der Waals surface area contributed by atoms with Crippen molar-refractivity contribution in [3.63, 3.8) is 0 Å². The van der Waals surface area contributed by atoms with Crippen LogP contribution in [0.25, 0.3) is 10.9 Å². The van der Waals surface area contributed by atoms with E-state index in [1.165, 1.54) is 0 Å². The molecule has 1 aromatic carbocycles. The number of halogens is 1. The van der Waals surface area contributed by atoms with Gasteiger partial charge in [0.25, 0.3) is 0 Å². The van der Waals surface area contributed by atoms with E-state index in [0.29, 0.717) is 5.56 Å². The number of hydrogen-bond donors (Lipinski definition) is 1. The zero-order valence-corrected chi connectivity index (χ0v) is 14.4. The van der Waals surface area contributed by atoms with Gasteiger partial charge in [0.15, 0.2) is 0 Å². The molecule has 23 heavy (non-hydrogen) atoms. The first-order valence-corrected chi connectivity index (χ1v) is 8.51. The van der Waals surface area contributed by atoms with Gasteiger partial charge in [-0.1, -0.05) is 0 Å². The smallest absolute Gasteiger partial charge is 0.141 e. The monoisotopic (exact) mass is 416 g/mol. The highest BCUT2D eigenvalue weighted by molar-refractivity contribution is 14.1. The molecule has 0 saturated carbocycles. The molecule has 1 unspecified atom stereocenters. The third-order valence-corrected chi connectivity index (χ3v) is 4.94. The quantitative estimate of drug-likeness (QED) is 0.644. The predicted molar refractivity (Wildman–Crippen MR) is 94.1 cm³/mol. The fraction of sp³-hybridized carbons (Fsp3) is 0.235. The third kappa shape index (κ3) is 2.65. The molecule has 0 spiro atoms. The molecule has 1 N–H and O–H groups in total. The van der Waals surface area contributed by atoms with Crippen LogP contribution in [-0.2, 0) is 6.42 Å². The Kier molecular flexibility index (Phi) is 3.65. The second-order valence-electron chi connectivity index (χ2n) is 5.60. The number of rotatable bonds is 2. The summed E-state index contributed by atoms with van der Waals surface area (Å²) in [4.78, 5) is 4.47. The summed E-state index contributed by atoms with van der Waals surface area (Å²) in [5.74, 6) is 0.820. The summed E-state index contributed by atoms with van der Waals surface area (Å²) in [6.07, 6.45) is 4.50. The molecule has 3 aromatic rings. The maximum atomic E-state index is 9.02. The van der Waals surface area contributed by atoms with Crippen molar-refractivity contribution in [3.8, 4) is 11.8 Å². The zero-order chi connectivity index (χ0) is 15.8. The number of H-pyrrole nitrogens is 1. The standard InChI is InChI=1S/C17H13IN4O/c18-17-13-7-12(4-5-14(13)21-22-17)23-15-3-1-2-11-6-10(8-19)9-20-16(11)15/h4-7,9,15H,1-3H2,(H,21,22). The summed E-state index contributed by atoms with van der Waals surface area (Å²) in [5, 5.41) is 17.3. The van der Waals surface area contributed by atoms with E-state index in [0.717, 1.165) is 50.9 Å². The largest absolute Gasteiger partial charge is 0.484 e. The minimum absolute atomic E-state index is 0.0616. The molecule has 2 heterocycles. The summed E-state index contributed by atoms with van der Waals surface area (Å²) >= 11 is 2.21. The van der Waals surface area contributed by atoms with Gasteiger partial charge in [0.05, 0.1) is 16.8 Å². The molecule has 1 aliphatic carbocycles. The van der Waals surface area contributed by atoms with Crippen molar-refractivity contribution in [3.05, 3.63) is 51.0 Å². The van der Waals surface area contributed by atoms with Gasteiger partial charge < -0.3 is 4.74 Å². The average molecular weight is 416 g/mol. The molecule has 1 aliphatic rings. The van der Waals surface area contributed by atoms with Gasteiger partial charge >= 0.3 is 0 Å². The molecule has 4 rings (SSSR count). The number of aromatic amines is 1. The summed E-state index contributed by atoms with van der Waals surface area (Å²) in [6, 6.07) is 10.0. The molecule has 0 saturated heterocycles. The maximum Gasteiger partial charge on any atom is 0.141 e. The molecule has 0 bridgehead atoms. The molecule has 0 aliphatic heterocycles. The fourth-order valence-corrected chi connectivity index (χ4v) is 3.57. The Balaban J connectivity index is 1.66. The molecule has 1 atom stereocenters. The number of nitriles is 1. The Morgan fingerprint density at radius 2 is 2.26 bits per heavy atom. The Morgan fingerprint density at radius 1 is 1.35 bits per heavy atom. The lowest BCUT2D eigenvalue weighted by Gasteiger charge is -2.25. The van der Waals surface area contributed by atoms with E-state index in [2.05, 4.69) is 43.8 Å². The van der Waals surface area contributed by atoms with Gasteiger partial charge in [-0.3, -0.25) is 10.1 Å². The van der Waals surface area contributed by atoms with Gasteiger partial charge in [-0.25, -0.2) is 0 Å². The highest BCUT2D eigenvalue weighted by Crippen LogP contribution is 2.34. The molecule has 0 radical (unpaired) electrons. The summed E-state index contributed by atoms with van der Waals surface area (Å²) in [5.41, 5.74) is 3.69. The topological polar surface area (TPSA) is 74.6 Å². The van der Waals surface area contributed by atoms with Crippen molar-refractivity contribution in [2.24, 2.45) is 0 Å². The lowest BCUT2D eigenvalue weighted by atomic mass is 9.93. The predicted octanol–water partition coefficient (Wildman–Crippen LogP) is 3.89. The third-order valence-electron chi connectivity index (χ3n) is 4.11. The van der Waals surface area contributed by atoms with Crippen LogP contribution in [0.4, 0.5) is 0 Å². The molecule has 6 heteroatoms. The molecular weight excluding hydrogens is 403 g/mol. The maximum absolute atomic E-state index is 9.02. The van der Waals surface area contributed by atoms with Gasteiger partial charge in [0.2, 0.25) is 0 Å². The number of hydrogen-bond acceptors (Lipinski definition) is 4. The number of ether oxygens (including phenoxy) is 1. The molecule has 2 aromatic heterocycles. The highest BCUT2D eigenvalue weighted by Gasteiger charge is 2.24. The van der Waals surface area contributed by atoms with E-state index < -0.39 is 0 Å². The number of fused-ring (bicyclic) bond motifs is 2. The number of nitrogens with zero attached hydrogens (tertiary/aromatic N) is 3. The summed E-state index contributed by atoms with van der Waals surface area (Å²) < 4.78 is 7.13. The Labute approximate surface area is 146 Å². The second-order valence-corrected chi connectivity index (χ2v) is 6.62. The SMILES string of the molecule is N#Cc1cnc2c(c1)CCCC2Oc1ccc2[nH]nc(I)c2c1. The van der Waals surface area contributed by atoms with Crippen LogP contribution >= 0.6 is 22.6 Å². The van der Waals surface area contributed by atoms with Crippen molar-refractivity contribution in [2.45, 2.75) is 25.4 Å². The van der Waals surface area contributed by atoms with Crippen LogP contribution in [0.1, 0.15) is 35.8 Å². The average Bonchev–Trinajstić information content (AvgIpc) is 2.95. The van der Waals surface area contributed by atoms with E-state index in [4.69, 9.17) is 10.00 Å². The van der Waals surface area contributed by atoms with Crippen molar-refractivity contribution in [1.82, 2.24) is 15.2 Å². The highest BCUT2D eigenvalue weighted by atomic mass is 127. The number of benzene rings is 1. The van der Waals surface area contributed by atoms with Crippen LogP contribution in [0.2, 0.25) is 0 Å². The number of pyridine rings is 1. The first-order chi connectivity index (χ1) is 11.2. The van der Waals surface area contributed by atoms with Crippen LogP contribution in [0.3, 0.4) is 0 Å². The lowest BCUT2D eigenvalue weighted by Crippen LogP contribution is -2.17. The molecular formula is C17H13IN4O. The van der Waals surface area contributed by atoms with Crippen molar-refractivity contribution >= 4 is 33.5 Å².